The van der Waals surface area contributed by atoms with E-state index in [9.17, 15) is 9.59 Å². The Hall–Kier alpha value is -2.77. The number of esters is 1. The second-order valence-electron chi connectivity index (χ2n) is 4.40. The first-order chi connectivity index (χ1) is 9.95. The summed E-state index contributed by atoms with van der Waals surface area (Å²) in [6.07, 6.45) is 1.74. The van der Waals surface area contributed by atoms with Crippen LogP contribution in [0.3, 0.4) is 0 Å². The molecule has 21 heavy (non-hydrogen) atoms. The summed E-state index contributed by atoms with van der Waals surface area (Å²) in [7, 11) is 0. The number of carbonyl (C=O) groups excluding carboxylic acids is 2. The average Bonchev–Trinajstić information content (AvgIpc) is 2.84. The van der Waals surface area contributed by atoms with E-state index >= 15 is 0 Å². The number of nitrogens with one attached hydrogen (secondary N) is 1. The van der Waals surface area contributed by atoms with Gasteiger partial charge in [-0.15, -0.1) is 0 Å². The Morgan fingerprint density at radius 3 is 2.62 bits per heavy atom. The van der Waals surface area contributed by atoms with Crippen LogP contribution in [0.15, 0.2) is 23.0 Å². The van der Waals surface area contributed by atoms with Gasteiger partial charge < -0.3 is 14.6 Å². The third-order valence-corrected chi connectivity index (χ3v) is 2.52. The fourth-order valence-electron chi connectivity index (χ4n) is 1.43. The van der Waals surface area contributed by atoms with E-state index in [1.165, 1.54) is 19.3 Å². The molecule has 2 aromatic heterocycles. The Kier molecular flexibility index (Phi) is 4.27. The predicted molar refractivity (Wildman–Crippen MR) is 71.5 cm³/mol. The standard InChI is InChI=1S/C13H14N4O4/c1-7-5-15-10(6-14-7)13(19)20-9(3)12(18)16-11-4-8(2)21-17-11/h4-6,9H,1-3H3,(H,16,17,18). The van der Waals surface area contributed by atoms with Crippen LogP contribution in [0.2, 0.25) is 0 Å². The molecule has 1 N–H and O–H groups in total. The van der Waals surface area contributed by atoms with Gasteiger partial charge in [0, 0.05) is 12.3 Å². The maximum atomic E-state index is 11.8. The van der Waals surface area contributed by atoms with Gasteiger partial charge in [-0.05, 0) is 20.8 Å². The molecule has 0 bridgehead atoms. The van der Waals surface area contributed by atoms with Gasteiger partial charge in [0.1, 0.15) is 5.76 Å². The van der Waals surface area contributed by atoms with Crippen LogP contribution in [0.1, 0.15) is 28.9 Å². The number of hydrogen-bond donors (Lipinski definition) is 1. The number of nitrogens with zero attached hydrogens (tertiary/aromatic N) is 3. The quantitative estimate of drug-likeness (QED) is 0.844. The topological polar surface area (TPSA) is 107 Å². The van der Waals surface area contributed by atoms with Crippen LogP contribution in [0.4, 0.5) is 5.82 Å². The molecule has 0 aliphatic heterocycles. The number of anilines is 1. The summed E-state index contributed by atoms with van der Waals surface area (Å²) >= 11 is 0. The number of rotatable bonds is 4. The molecule has 0 aliphatic carbocycles. The highest BCUT2D eigenvalue weighted by molar-refractivity contribution is 5.96. The van der Waals surface area contributed by atoms with E-state index in [1.807, 2.05) is 0 Å². The van der Waals surface area contributed by atoms with Gasteiger partial charge in [-0.25, -0.2) is 9.78 Å². The van der Waals surface area contributed by atoms with E-state index < -0.39 is 18.0 Å². The summed E-state index contributed by atoms with van der Waals surface area (Å²) in [5.41, 5.74) is 0.719. The second kappa shape index (κ2) is 6.12. The zero-order chi connectivity index (χ0) is 15.4. The Morgan fingerprint density at radius 1 is 1.29 bits per heavy atom. The molecule has 2 heterocycles. The first-order valence-corrected chi connectivity index (χ1v) is 6.19. The number of amides is 1. The molecular weight excluding hydrogens is 276 g/mol. The van der Waals surface area contributed by atoms with E-state index in [0.717, 1.165) is 0 Å². The second-order valence-corrected chi connectivity index (χ2v) is 4.40. The van der Waals surface area contributed by atoms with E-state index in [0.29, 0.717) is 11.5 Å². The van der Waals surface area contributed by atoms with E-state index in [4.69, 9.17) is 9.26 Å². The predicted octanol–water partition coefficient (Wildman–Crippen LogP) is 1.27. The summed E-state index contributed by atoms with van der Waals surface area (Å²) in [6, 6.07) is 1.55. The van der Waals surface area contributed by atoms with Crippen molar-refractivity contribution in [2.24, 2.45) is 0 Å². The number of hydrogen-bond acceptors (Lipinski definition) is 7. The SMILES string of the molecule is Cc1cnc(C(=O)OC(C)C(=O)Nc2cc(C)on2)cn1. The Bertz CT molecular complexity index is 650. The molecule has 0 fully saturated rings. The summed E-state index contributed by atoms with van der Waals surface area (Å²) in [6.45, 7) is 4.89. The minimum Gasteiger partial charge on any atom is -0.448 e. The highest BCUT2D eigenvalue weighted by Gasteiger charge is 2.20. The Labute approximate surface area is 120 Å². The lowest BCUT2D eigenvalue weighted by Crippen LogP contribution is -2.30. The average molecular weight is 290 g/mol. The molecule has 0 radical (unpaired) electrons. The zero-order valence-corrected chi connectivity index (χ0v) is 11.8. The lowest BCUT2D eigenvalue weighted by Gasteiger charge is -2.11. The Balaban J connectivity index is 1.93. The molecule has 8 heteroatoms. The summed E-state index contributed by atoms with van der Waals surface area (Å²) in [5.74, 6) is -0.418. The van der Waals surface area contributed by atoms with E-state index in [-0.39, 0.29) is 11.5 Å². The minimum absolute atomic E-state index is 0.0394. The lowest BCUT2D eigenvalue weighted by molar-refractivity contribution is -0.123. The third-order valence-electron chi connectivity index (χ3n) is 2.52. The number of aryl methyl sites for hydroxylation is 2. The fourth-order valence-corrected chi connectivity index (χ4v) is 1.43. The Morgan fingerprint density at radius 2 is 2.05 bits per heavy atom. The molecule has 110 valence electrons. The van der Waals surface area contributed by atoms with Crippen LogP contribution in [-0.4, -0.2) is 33.1 Å². The van der Waals surface area contributed by atoms with Crippen LogP contribution < -0.4 is 5.32 Å². The molecule has 1 atom stereocenters. The van der Waals surface area contributed by atoms with Crippen molar-refractivity contribution in [3.8, 4) is 0 Å². The van der Waals surface area contributed by atoms with E-state index in [1.54, 1.807) is 19.9 Å². The van der Waals surface area contributed by atoms with Crippen molar-refractivity contribution < 1.29 is 18.8 Å². The molecule has 2 aromatic rings. The van der Waals surface area contributed by atoms with Crippen LogP contribution in [0.5, 0.6) is 0 Å². The normalized spacial score (nSPS) is 11.8. The molecule has 1 amide bonds. The van der Waals surface area contributed by atoms with Crippen molar-refractivity contribution in [2.45, 2.75) is 26.9 Å². The van der Waals surface area contributed by atoms with E-state index in [2.05, 4.69) is 20.4 Å². The monoisotopic (exact) mass is 290 g/mol. The molecular formula is C13H14N4O4. The molecule has 0 saturated heterocycles. The van der Waals surface area contributed by atoms with Crippen molar-refractivity contribution in [3.63, 3.8) is 0 Å². The lowest BCUT2D eigenvalue weighted by atomic mass is 10.3. The maximum absolute atomic E-state index is 11.8. The third kappa shape index (κ3) is 3.85. The first-order valence-electron chi connectivity index (χ1n) is 6.19. The van der Waals surface area contributed by atoms with Crippen molar-refractivity contribution in [2.75, 3.05) is 5.32 Å². The molecule has 0 aromatic carbocycles. The summed E-state index contributed by atoms with van der Waals surface area (Å²) in [5, 5.41) is 6.09. The van der Waals surface area contributed by atoms with Crippen molar-refractivity contribution in [1.82, 2.24) is 15.1 Å². The molecule has 0 saturated carbocycles. The smallest absolute Gasteiger partial charge is 0.359 e. The van der Waals surface area contributed by atoms with Crippen molar-refractivity contribution in [1.29, 1.82) is 0 Å². The van der Waals surface area contributed by atoms with Crippen LogP contribution in [-0.2, 0) is 9.53 Å². The van der Waals surface area contributed by atoms with Gasteiger partial charge in [0.2, 0.25) is 0 Å². The van der Waals surface area contributed by atoms with Gasteiger partial charge in [-0.1, -0.05) is 5.16 Å². The van der Waals surface area contributed by atoms with Gasteiger partial charge in [-0.3, -0.25) is 9.78 Å². The number of aromatic nitrogens is 3. The van der Waals surface area contributed by atoms with Crippen LogP contribution in [0, 0.1) is 13.8 Å². The zero-order valence-electron chi connectivity index (χ0n) is 11.8. The molecule has 1 unspecified atom stereocenters. The van der Waals surface area contributed by atoms with Crippen LogP contribution in [0.25, 0.3) is 0 Å². The van der Waals surface area contributed by atoms with Gasteiger partial charge in [0.15, 0.2) is 17.6 Å². The van der Waals surface area contributed by atoms with Gasteiger partial charge in [0.25, 0.3) is 5.91 Å². The number of ether oxygens (including phenoxy) is 1. The number of carbonyl (C=O) groups is 2. The highest BCUT2D eigenvalue weighted by atomic mass is 16.5. The fraction of sp³-hybridized carbons (Fsp3) is 0.308. The van der Waals surface area contributed by atoms with Gasteiger partial charge in [0.05, 0.1) is 11.9 Å². The summed E-state index contributed by atoms with van der Waals surface area (Å²) < 4.78 is 9.82. The molecule has 0 aliphatic rings. The maximum Gasteiger partial charge on any atom is 0.359 e. The largest absolute Gasteiger partial charge is 0.448 e. The summed E-state index contributed by atoms with van der Waals surface area (Å²) in [4.78, 5) is 31.4. The first kappa shape index (κ1) is 14.6. The van der Waals surface area contributed by atoms with Crippen LogP contribution >= 0.6 is 0 Å². The molecule has 0 spiro atoms. The molecule has 2 rings (SSSR count). The highest BCUT2D eigenvalue weighted by Crippen LogP contribution is 2.09. The van der Waals surface area contributed by atoms with Gasteiger partial charge >= 0.3 is 5.97 Å². The van der Waals surface area contributed by atoms with Crippen molar-refractivity contribution in [3.05, 3.63) is 35.6 Å². The molecule has 8 nitrogen and oxygen atoms in total. The van der Waals surface area contributed by atoms with Gasteiger partial charge in [-0.2, -0.15) is 0 Å². The van der Waals surface area contributed by atoms with Crippen molar-refractivity contribution >= 4 is 17.7 Å². The minimum atomic E-state index is -1.00.